The van der Waals surface area contributed by atoms with E-state index >= 15 is 0 Å². The second-order valence-electron chi connectivity index (χ2n) is 3.78. The van der Waals surface area contributed by atoms with Gasteiger partial charge in [-0.25, -0.2) is 14.6 Å². The van der Waals surface area contributed by atoms with E-state index in [1.165, 1.54) is 0 Å². The largest absolute Gasteiger partial charge is 0.221 e. The highest BCUT2D eigenvalue weighted by Gasteiger charge is 2.27. The molecule has 0 bridgehead atoms. The van der Waals surface area contributed by atoms with E-state index in [9.17, 15) is 0 Å². The van der Waals surface area contributed by atoms with Gasteiger partial charge < -0.3 is 0 Å². The summed E-state index contributed by atoms with van der Waals surface area (Å²) in [6.07, 6.45) is 5.87. The van der Waals surface area contributed by atoms with Gasteiger partial charge in [-0.15, -0.1) is 0 Å². The summed E-state index contributed by atoms with van der Waals surface area (Å²) >= 11 is 9.32. The van der Waals surface area contributed by atoms with Crippen molar-refractivity contribution in [1.29, 1.82) is 0 Å². The number of aromatic nitrogens is 4. The molecule has 1 aliphatic rings. The van der Waals surface area contributed by atoms with E-state index < -0.39 is 0 Å². The maximum absolute atomic E-state index is 5.97. The molecule has 2 aromatic rings. The van der Waals surface area contributed by atoms with E-state index in [4.69, 9.17) is 11.6 Å². The minimum atomic E-state index is 0.471. The fourth-order valence-electron chi connectivity index (χ4n) is 1.49. The van der Waals surface area contributed by atoms with Gasteiger partial charge in [-0.1, -0.05) is 11.6 Å². The first-order valence-electron chi connectivity index (χ1n) is 4.97. The Balaban J connectivity index is 2.06. The molecule has 4 nitrogen and oxygen atoms in total. The highest BCUT2D eigenvalue weighted by atomic mass is 79.9. The summed E-state index contributed by atoms with van der Waals surface area (Å²) < 4.78 is 2.60. The summed E-state index contributed by atoms with van der Waals surface area (Å²) in [5, 5.41) is 4.64. The lowest BCUT2D eigenvalue weighted by molar-refractivity contribution is 0.809. The second kappa shape index (κ2) is 3.82. The van der Waals surface area contributed by atoms with Gasteiger partial charge in [-0.05, 0) is 28.8 Å². The highest BCUT2D eigenvalue weighted by molar-refractivity contribution is 9.10. The smallest absolute Gasteiger partial charge is 0.158 e. The molecule has 1 fully saturated rings. The van der Waals surface area contributed by atoms with Crippen LogP contribution in [0.3, 0.4) is 0 Å². The molecule has 6 heteroatoms. The van der Waals surface area contributed by atoms with E-state index in [1.807, 2.05) is 6.20 Å². The van der Waals surface area contributed by atoms with Gasteiger partial charge >= 0.3 is 0 Å². The molecule has 0 radical (unpaired) electrons. The summed E-state index contributed by atoms with van der Waals surface area (Å²) in [5.74, 6) is 2.03. The fraction of sp³-hybridized carbons (Fsp3) is 0.300. The number of hydrogen-bond acceptors (Lipinski definition) is 3. The quantitative estimate of drug-likeness (QED) is 0.801. The van der Waals surface area contributed by atoms with Crippen LogP contribution in [0.4, 0.5) is 0 Å². The van der Waals surface area contributed by atoms with Crippen LogP contribution in [0.15, 0.2) is 22.9 Å². The standard InChI is InChI=1S/C10H8BrClN4/c11-7-4-13-16(5-7)9-3-8(12)14-10(15-9)6-1-2-6/h3-6H,1-2H2. The van der Waals surface area contributed by atoms with Crippen molar-refractivity contribution in [3.8, 4) is 5.82 Å². The van der Waals surface area contributed by atoms with E-state index in [1.54, 1.807) is 16.9 Å². The van der Waals surface area contributed by atoms with Crippen LogP contribution in [-0.2, 0) is 0 Å². The third kappa shape index (κ3) is 1.97. The summed E-state index contributed by atoms with van der Waals surface area (Å²) in [6, 6.07) is 1.72. The van der Waals surface area contributed by atoms with Gasteiger partial charge in [0.05, 0.1) is 10.7 Å². The first kappa shape index (κ1) is 10.2. The van der Waals surface area contributed by atoms with Crippen LogP contribution < -0.4 is 0 Å². The van der Waals surface area contributed by atoms with Gasteiger partial charge in [0.15, 0.2) is 5.82 Å². The van der Waals surface area contributed by atoms with Crippen LogP contribution in [-0.4, -0.2) is 19.7 Å². The van der Waals surface area contributed by atoms with Crippen LogP contribution in [0, 0.1) is 0 Å². The van der Waals surface area contributed by atoms with Crippen molar-refractivity contribution in [3.05, 3.63) is 33.9 Å². The molecule has 0 amide bonds. The van der Waals surface area contributed by atoms with E-state index in [-0.39, 0.29) is 0 Å². The molecule has 16 heavy (non-hydrogen) atoms. The average molecular weight is 300 g/mol. The number of hydrogen-bond donors (Lipinski definition) is 0. The predicted octanol–water partition coefficient (Wildman–Crippen LogP) is 2.96. The second-order valence-corrected chi connectivity index (χ2v) is 5.09. The highest BCUT2D eigenvalue weighted by Crippen LogP contribution is 2.38. The van der Waals surface area contributed by atoms with E-state index in [2.05, 4.69) is 31.0 Å². The SMILES string of the molecule is Clc1cc(-n2cc(Br)cn2)nc(C2CC2)n1. The van der Waals surface area contributed by atoms with Gasteiger partial charge in [0.1, 0.15) is 11.0 Å². The third-order valence-corrected chi connectivity index (χ3v) is 3.03. The van der Waals surface area contributed by atoms with Gasteiger partial charge in [0.2, 0.25) is 0 Å². The molecule has 82 valence electrons. The number of halogens is 2. The summed E-state index contributed by atoms with van der Waals surface area (Å²) in [7, 11) is 0. The molecule has 0 aromatic carbocycles. The molecule has 0 unspecified atom stereocenters. The Morgan fingerprint density at radius 2 is 2.19 bits per heavy atom. The van der Waals surface area contributed by atoms with Crippen LogP contribution >= 0.6 is 27.5 Å². The maximum atomic E-state index is 5.97. The monoisotopic (exact) mass is 298 g/mol. The molecular weight excluding hydrogens is 291 g/mol. The van der Waals surface area contributed by atoms with Crippen molar-refractivity contribution < 1.29 is 0 Å². The Hall–Kier alpha value is -0.940. The summed E-state index contributed by atoms with van der Waals surface area (Å²) in [5.41, 5.74) is 0. The molecule has 0 atom stereocenters. The van der Waals surface area contributed by atoms with E-state index in [0.717, 1.165) is 23.1 Å². The summed E-state index contributed by atoms with van der Waals surface area (Å²) in [4.78, 5) is 8.69. The van der Waals surface area contributed by atoms with Gasteiger partial charge in [-0.2, -0.15) is 5.10 Å². The van der Waals surface area contributed by atoms with Crippen molar-refractivity contribution >= 4 is 27.5 Å². The molecule has 0 saturated heterocycles. The predicted molar refractivity (Wildman–Crippen MR) is 63.8 cm³/mol. The molecule has 1 aliphatic carbocycles. The Bertz CT molecular complexity index is 535. The number of nitrogens with zero attached hydrogens (tertiary/aromatic N) is 4. The lowest BCUT2D eigenvalue weighted by Gasteiger charge is -2.03. The normalized spacial score (nSPS) is 15.4. The number of rotatable bonds is 2. The average Bonchev–Trinajstić information content (AvgIpc) is 3.01. The van der Waals surface area contributed by atoms with Crippen LogP contribution in [0.5, 0.6) is 0 Å². The molecule has 2 heterocycles. The first-order chi connectivity index (χ1) is 7.72. The molecular formula is C10H8BrClN4. The minimum Gasteiger partial charge on any atom is -0.221 e. The lowest BCUT2D eigenvalue weighted by Crippen LogP contribution is -2.02. The molecule has 1 saturated carbocycles. The Morgan fingerprint density at radius 1 is 1.38 bits per heavy atom. The topological polar surface area (TPSA) is 43.6 Å². The summed E-state index contributed by atoms with van der Waals surface area (Å²) in [6.45, 7) is 0. The molecule has 0 spiro atoms. The van der Waals surface area contributed by atoms with Crippen LogP contribution in [0.25, 0.3) is 5.82 Å². The van der Waals surface area contributed by atoms with Crippen LogP contribution in [0.1, 0.15) is 24.6 Å². The van der Waals surface area contributed by atoms with Crippen molar-refractivity contribution in [2.24, 2.45) is 0 Å². The lowest BCUT2D eigenvalue weighted by atomic mass is 10.4. The van der Waals surface area contributed by atoms with Crippen molar-refractivity contribution in [1.82, 2.24) is 19.7 Å². The van der Waals surface area contributed by atoms with Crippen molar-refractivity contribution in [2.75, 3.05) is 0 Å². The maximum Gasteiger partial charge on any atom is 0.158 e. The Labute approximate surface area is 106 Å². The molecule has 0 aliphatic heterocycles. The van der Waals surface area contributed by atoms with Crippen molar-refractivity contribution in [2.45, 2.75) is 18.8 Å². The minimum absolute atomic E-state index is 0.471. The third-order valence-electron chi connectivity index (χ3n) is 2.43. The van der Waals surface area contributed by atoms with E-state index in [0.29, 0.717) is 16.9 Å². The van der Waals surface area contributed by atoms with Crippen LogP contribution in [0.2, 0.25) is 5.15 Å². The molecule has 3 rings (SSSR count). The zero-order valence-electron chi connectivity index (χ0n) is 8.27. The fourth-order valence-corrected chi connectivity index (χ4v) is 1.96. The Kier molecular flexibility index (Phi) is 2.44. The van der Waals surface area contributed by atoms with Gasteiger partial charge in [0.25, 0.3) is 0 Å². The van der Waals surface area contributed by atoms with Gasteiger partial charge in [-0.3, -0.25) is 0 Å². The van der Waals surface area contributed by atoms with Gasteiger partial charge in [0, 0.05) is 18.2 Å². The molecule has 0 N–H and O–H groups in total. The zero-order chi connectivity index (χ0) is 11.1. The first-order valence-corrected chi connectivity index (χ1v) is 6.14. The van der Waals surface area contributed by atoms with Crippen molar-refractivity contribution in [3.63, 3.8) is 0 Å². The Morgan fingerprint density at radius 3 is 2.81 bits per heavy atom. The molecule has 2 aromatic heterocycles. The zero-order valence-corrected chi connectivity index (χ0v) is 10.6.